The summed E-state index contributed by atoms with van der Waals surface area (Å²) in [7, 11) is 2.05. The van der Waals surface area contributed by atoms with Gasteiger partial charge in [0.05, 0.1) is 0 Å². The Hall–Kier alpha value is -1.29. The zero-order chi connectivity index (χ0) is 13.1. The fraction of sp³-hybridized carbons (Fsp3) is 0.357. The molecule has 1 aliphatic rings. The van der Waals surface area contributed by atoms with Crippen molar-refractivity contribution in [2.45, 2.75) is 19.3 Å². The highest BCUT2D eigenvalue weighted by Gasteiger charge is 2.14. The Morgan fingerprint density at radius 1 is 1.39 bits per heavy atom. The molecule has 0 radical (unpaired) electrons. The second kappa shape index (κ2) is 5.57. The summed E-state index contributed by atoms with van der Waals surface area (Å²) in [4.78, 5) is 13.4. The molecule has 0 saturated heterocycles. The van der Waals surface area contributed by atoms with Crippen LogP contribution in [-0.2, 0) is 4.79 Å². The van der Waals surface area contributed by atoms with E-state index in [9.17, 15) is 9.90 Å². The summed E-state index contributed by atoms with van der Waals surface area (Å²) in [6.07, 6.45) is 4.35. The Morgan fingerprint density at radius 2 is 2.17 bits per heavy atom. The van der Waals surface area contributed by atoms with E-state index >= 15 is 0 Å². The first kappa shape index (κ1) is 13.1. The number of benzene rings is 1. The van der Waals surface area contributed by atoms with E-state index in [1.54, 1.807) is 6.08 Å². The van der Waals surface area contributed by atoms with Crippen molar-refractivity contribution in [3.63, 3.8) is 0 Å². The molecular formula is C14H16BrNO2. The van der Waals surface area contributed by atoms with Crippen LogP contribution in [0.2, 0.25) is 0 Å². The number of hydrogen-bond donors (Lipinski definition) is 1. The molecule has 1 aromatic carbocycles. The number of carboxylic acids is 1. The number of rotatable bonds is 1. The van der Waals surface area contributed by atoms with Crippen molar-refractivity contribution >= 4 is 33.7 Å². The van der Waals surface area contributed by atoms with Crippen LogP contribution in [0.3, 0.4) is 0 Å². The predicted octanol–water partition coefficient (Wildman–Crippen LogP) is 3.54. The van der Waals surface area contributed by atoms with Gasteiger partial charge in [0.2, 0.25) is 0 Å². The fourth-order valence-corrected chi connectivity index (χ4v) is 2.58. The number of hydrogen-bond acceptors (Lipinski definition) is 2. The molecule has 0 aliphatic carbocycles. The van der Waals surface area contributed by atoms with Crippen LogP contribution >= 0.6 is 15.9 Å². The fourth-order valence-electron chi connectivity index (χ4n) is 2.20. The van der Waals surface area contributed by atoms with Gasteiger partial charge >= 0.3 is 5.97 Å². The number of halogens is 1. The summed E-state index contributed by atoms with van der Waals surface area (Å²) in [5.74, 6) is -0.814. The standard InChI is InChI=1S/C14H16BrNO2/c1-16-7-3-2-4-10(14(17)18)8-11-9-12(15)5-6-13(11)16/h5-6,8-9H,2-4,7H2,1H3,(H,17,18)/b10-8+. The van der Waals surface area contributed by atoms with Crippen LogP contribution in [0.4, 0.5) is 5.69 Å². The van der Waals surface area contributed by atoms with E-state index in [0.29, 0.717) is 12.0 Å². The first-order valence-corrected chi connectivity index (χ1v) is 6.82. The van der Waals surface area contributed by atoms with Crippen molar-refractivity contribution in [2.24, 2.45) is 0 Å². The molecule has 1 aliphatic heterocycles. The molecule has 3 nitrogen and oxygen atoms in total. The largest absolute Gasteiger partial charge is 0.478 e. The van der Waals surface area contributed by atoms with Gasteiger partial charge in [0.1, 0.15) is 0 Å². The number of aliphatic carboxylic acids is 1. The summed E-state index contributed by atoms with van der Waals surface area (Å²) in [5, 5.41) is 9.21. The molecule has 1 N–H and O–H groups in total. The number of carbonyl (C=O) groups is 1. The lowest BCUT2D eigenvalue weighted by Crippen LogP contribution is -2.18. The Balaban J connectivity index is 2.51. The molecule has 0 bridgehead atoms. The van der Waals surface area contributed by atoms with E-state index in [1.807, 2.05) is 25.2 Å². The number of carboxylic acid groups (broad SMARTS) is 1. The number of anilines is 1. The van der Waals surface area contributed by atoms with E-state index in [-0.39, 0.29) is 0 Å². The molecule has 0 saturated carbocycles. The lowest BCUT2D eigenvalue weighted by atomic mass is 10.1. The topological polar surface area (TPSA) is 40.5 Å². The highest BCUT2D eigenvalue weighted by molar-refractivity contribution is 9.10. The van der Waals surface area contributed by atoms with Gasteiger partial charge in [-0.15, -0.1) is 0 Å². The van der Waals surface area contributed by atoms with Crippen molar-refractivity contribution in [1.29, 1.82) is 0 Å². The van der Waals surface area contributed by atoms with Gasteiger partial charge in [0.15, 0.2) is 0 Å². The van der Waals surface area contributed by atoms with Crippen molar-refractivity contribution < 1.29 is 9.90 Å². The van der Waals surface area contributed by atoms with Crippen molar-refractivity contribution in [1.82, 2.24) is 0 Å². The third kappa shape index (κ3) is 2.93. The third-order valence-electron chi connectivity index (χ3n) is 3.19. The molecule has 4 heteroatoms. The molecule has 0 unspecified atom stereocenters. The highest BCUT2D eigenvalue weighted by Crippen LogP contribution is 2.28. The molecule has 0 spiro atoms. The van der Waals surface area contributed by atoms with Crippen molar-refractivity contribution in [2.75, 3.05) is 18.5 Å². The average molecular weight is 310 g/mol. The molecule has 96 valence electrons. The molecule has 0 amide bonds. The number of nitrogens with zero attached hydrogens (tertiary/aromatic N) is 1. The van der Waals surface area contributed by atoms with Crippen LogP contribution in [0.5, 0.6) is 0 Å². The Morgan fingerprint density at radius 3 is 2.89 bits per heavy atom. The van der Waals surface area contributed by atoms with E-state index < -0.39 is 5.97 Å². The molecule has 2 rings (SSSR count). The van der Waals surface area contributed by atoms with Crippen LogP contribution < -0.4 is 4.90 Å². The molecular weight excluding hydrogens is 294 g/mol. The number of fused-ring (bicyclic) bond motifs is 1. The van der Waals surface area contributed by atoms with Gasteiger partial charge in [-0.05, 0) is 49.1 Å². The summed E-state index contributed by atoms with van der Waals surface area (Å²) in [5.41, 5.74) is 2.54. The minimum Gasteiger partial charge on any atom is -0.478 e. The molecule has 1 aromatic rings. The summed E-state index contributed by atoms with van der Waals surface area (Å²) in [6.45, 7) is 0.954. The zero-order valence-corrected chi connectivity index (χ0v) is 11.9. The van der Waals surface area contributed by atoms with Crippen molar-refractivity contribution in [3.8, 4) is 0 Å². The summed E-state index contributed by atoms with van der Waals surface area (Å²) < 4.78 is 0.967. The third-order valence-corrected chi connectivity index (χ3v) is 3.69. The van der Waals surface area contributed by atoms with E-state index in [0.717, 1.165) is 35.1 Å². The van der Waals surface area contributed by atoms with E-state index in [4.69, 9.17) is 0 Å². The van der Waals surface area contributed by atoms with Crippen LogP contribution in [0.1, 0.15) is 24.8 Å². The van der Waals surface area contributed by atoms with Crippen LogP contribution in [0.25, 0.3) is 6.08 Å². The summed E-state index contributed by atoms with van der Waals surface area (Å²) >= 11 is 3.44. The summed E-state index contributed by atoms with van der Waals surface area (Å²) in [6, 6.07) is 5.99. The Labute approximate surface area is 115 Å². The van der Waals surface area contributed by atoms with Gasteiger partial charge in [-0.25, -0.2) is 4.79 Å². The Kier molecular flexibility index (Phi) is 4.07. The lowest BCUT2D eigenvalue weighted by molar-refractivity contribution is -0.132. The van der Waals surface area contributed by atoms with Gasteiger partial charge in [-0.1, -0.05) is 15.9 Å². The van der Waals surface area contributed by atoms with Crippen LogP contribution in [-0.4, -0.2) is 24.7 Å². The predicted molar refractivity (Wildman–Crippen MR) is 76.9 cm³/mol. The minimum atomic E-state index is -0.814. The monoisotopic (exact) mass is 309 g/mol. The minimum absolute atomic E-state index is 0.490. The van der Waals surface area contributed by atoms with Gasteiger partial charge in [0.25, 0.3) is 0 Å². The highest BCUT2D eigenvalue weighted by atomic mass is 79.9. The molecule has 18 heavy (non-hydrogen) atoms. The molecule has 0 fully saturated rings. The average Bonchev–Trinajstić information content (AvgIpc) is 2.39. The molecule has 0 atom stereocenters. The smallest absolute Gasteiger partial charge is 0.331 e. The Bertz CT molecular complexity index is 497. The molecule has 0 aromatic heterocycles. The van der Waals surface area contributed by atoms with Crippen molar-refractivity contribution in [3.05, 3.63) is 33.8 Å². The van der Waals surface area contributed by atoms with E-state index in [2.05, 4.69) is 20.8 Å². The maximum atomic E-state index is 11.2. The van der Waals surface area contributed by atoms with Crippen LogP contribution in [0, 0.1) is 0 Å². The zero-order valence-electron chi connectivity index (χ0n) is 10.3. The lowest BCUT2D eigenvalue weighted by Gasteiger charge is -2.21. The van der Waals surface area contributed by atoms with Crippen LogP contribution in [0.15, 0.2) is 28.2 Å². The van der Waals surface area contributed by atoms with Gasteiger partial charge in [0, 0.05) is 29.3 Å². The maximum absolute atomic E-state index is 11.2. The second-order valence-corrected chi connectivity index (χ2v) is 5.47. The second-order valence-electron chi connectivity index (χ2n) is 4.56. The maximum Gasteiger partial charge on any atom is 0.331 e. The SMILES string of the molecule is CN1CCCC/C(C(=O)O)=C\c2cc(Br)ccc21. The van der Waals surface area contributed by atoms with Gasteiger partial charge in [-0.2, -0.15) is 0 Å². The first-order valence-electron chi connectivity index (χ1n) is 6.02. The van der Waals surface area contributed by atoms with Gasteiger partial charge < -0.3 is 10.0 Å². The van der Waals surface area contributed by atoms with Gasteiger partial charge in [-0.3, -0.25) is 0 Å². The normalized spacial score (nSPS) is 19.0. The molecule has 1 heterocycles. The quantitative estimate of drug-likeness (QED) is 0.862. The first-order chi connectivity index (χ1) is 8.58. The van der Waals surface area contributed by atoms with E-state index in [1.165, 1.54) is 0 Å².